The van der Waals surface area contributed by atoms with Gasteiger partial charge >= 0.3 is 0 Å². The van der Waals surface area contributed by atoms with Crippen molar-refractivity contribution in [3.05, 3.63) is 29.8 Å². The van der Waals surface area contributed by atoms with Gasteiger partial charge in [0, 0.05) is 5.56 Å². The van der Waals surface area contributed by atoms with Crippen molar-refractivity contribution in [2.75, 3.05) is 6.61 Å². The molecule has 2 heteroatoms. The molecule has 0 atom stereocenters. The summed E-state index contributed by atoms with van der Waals surface area (Å²) in [4.78, 5) is 0. The Labute approximate surface area is 104 Å². The summed E-state index contributed by atoms with van der Waals surface area (Å²) in [5.74, 6) is 0.860. The van der Waals surface area contributed by atoms with Gasteiger partial charge in [0.15, 0.2) is 0 Å². The molecule has 94 valence electrons. The molecule has 0 heterocycles. The fourth-order valence-corrected chi connectivity index (χ4v) is 2.59. The van der Waals surface area contributed by atoms with Crippen molar-refractivity contribution < 1.29 is 9.84 Å². The second-order valence-electron chi connectivity index (χ2n) is 4.94. The Kier molecular flexibility index (Phi) is 4.06. The standard InChI is InChI=1S/C15H22O2/c1-2-12-17-14-9-5-4-8-13(14)15(16)10-6-3-7-11-15/h4-5,8-9,16H,2-3,6-7,10-12H2,1H3. The molecule has 2 rings (SSSR count). The smallest absolute Gasteiger partial charge is 0.125 e. The first kappa shape index (κ1) is 12.4. The van der Waals surface area contributed by atoms with Gasteiger partial charge in [0.1, 0.15) is 5.75 Å². The largest absolute Gasteiger partial charge is 0.493 e. The molecular formula is C15H22O2. The Morgan fingerprint density at radius 3 is 2.59 bits per heavy atom. The summed E-state index contributed by atoms with van der Waals surface area (Å²) < 4.78 is 5.74. The number of hydrogen-bond acceptors (Lipinski definition) is 2. The minimum Gasteiger partial charge on any atom is -0.493 e. The minimum absolute atomic E-state index is 0.664. The molecule has 1 aromatic rings. The van der Waals surface area contributed by atoms with Gasteiger partial charge in [0.05, 0.1) is 12.2 Å². The third kappa shape index (κ3) is 2.81. The zero-order valence-corrected chi connectivity index (χ0v) is 10.6. The maximum atomic E-state index is 10.7. The van der Waals surface area contributed by atoms with Gasteiger partial charge in [-0.05, 0) is 25.3 Å². The van der Waals surface area contributed by atoms with Gasteiger partial charge in [-0.2, -0.15) is 0 Å². The van der Waals surface area contributed by atoms with Crippen molar-refractivity contribution in [2.45, 2.75) is 51.0 Å². The van der Waals surface area contributed by atoms with E-state index in [9.17, 15) is 5.11 Å². The van der Waals surface area contributed by atoms with E-state index in [0.29, 0.717) is 6.61 Å². The number of rotatable bonds is 4. The molecule has 2 nitrogen and oxygen atoms in total. The molecular weight excluding hydrogens is 212 g/mol. The Hall–Kier alpha value is -1.02. The molecule has 1 N–H and O–H groups in total. The predicted molar refractivity (Wildman–Crippen MR) is 69.2 cm³/mol. The lowest BCUT2D eigenvalue weighted by Crippen LogP contribution is -2.29. The van der Waals surface area contributed by atoms with Crippen molar-refractivity contribution in [1.29, 1.82) is 0 Å². The summed E-state index contributed by atoms with van der Waals surface area (Å²) in [6.45, 7) is 2.81. The lowest BCUT2D eigenvalue weighted by Gasteiger charge is -2.33. The van der Waals surface area contributed by atoms with Crippen LogP contribution >= 0.6 is 0 Å². The number of benzene rings is 1. The fourth-order valence-electron chi connectivity index (χ4n) is 2.59. The normalized spacial score (nSPS) is 18.9. The minimum atomic E-state index is -0.664. The summed E-state index contributed by atoms with van der Waals surface area (Å²) in [6, 6.07) is 7.94. The van der Waals surface area contributed by atoms with E-state index in [2.05, 4.69) is 6.92 Å². The van der Waals surface area contributed by atoms with E-state index in [1.807, 2.05) is 24.3 Å². The first-order valence-electron chi connectivity index (χ1n) is 6.71. The van der Waals surface area contributed by atoms with Gasteiger partial charge in [-0.25, -0.2) is 0 Å². The second-order valence-corrected chi connectivity index (χ2v) is 4.94. The lowest BCUT2D eigenvalue weighted by molar-refractivity contribution is -0.00303. The molecule has 1 aromatic carbocycles. The van der Waals surface area contributed by atoms with Gasteiger partial charge in [-0.3, -0.25) is 0 Å². The average molecular weight is 234 g/mol. The zero-order valence-electron chi connectivity index (χ0n) is 10.6. The summed E-state index contributed by atoms with van der Waals surface area (Å²) in [5, 5.41) is 10.7. The van der Waals surface area contributed by atoms with Crippen molar-refractivity contribution >= 4 is 0 Å². The van der Waals surface area contributed by atoms with Crippen LogP contribution in [0.25, 0.3) is 0 Å². The number of ether oxygens (including phenoxy) is 1. The summed E-state index contributed by atoms with van der Waals surface area (Å²) in [5.41, 5.74) is 0.316. The van der Waals surface area contributed by atoms with Crippen molar-refractivity contribution in [2.24, 2.45) is 0 Å². The highest BCUT2D eigenvalue weighted by Gasteiger charge is 2.33. The zero-order chi connectivity index (χ0) is 12.1. The molecule has 0 aromatic heterocycles. The molecule has 0 unspecified atom stereocenters. The van der Waals surface area contributed by atoms with E-state index in [1.54, 1.807) is 0 Å². The predicted octanol–water partition coefficient (Wildman–Crippen LogP) is 3.63. The van der Waals surface area contributed by atoms with E-state index in [0.717, 1.165) is 43.4 Å². The van der Waals surface area contributed by atoms with E-state index in [4.69, 9.17) is 4.74 Å². The average Bonchev–Trinajstić information content (AvgIpc) is 2.37. The molecule has 17 heavy (non-hydrogen) atoms. The highest BCUT2D eigenvalue weighted by atomic mass is 16.5. The van der Waals surface area contributed by atoms with Crippen LogP contribution in [0.2, 0.25) is 0 Å². The third-order valence-corrected chi connectivity index (χ3v) is 3.53. The van der Waals surface area contributed by atoms with E-state index in [1.165, 1.54) is 6.42 Å². The lowest BCUT2D eigenvalue weighted by atomic mass is 9.79. The quantitative estimate of drug-likeness (QED) is 0.862. The van der Waals surface area contributed by atoms with Crippen LogP contribution in [0.15, 0.2) is 24.3 Å². The number of hydrogen-bond donors (Lipinski definition) is 1. The summed E-state index contributed by atoms with van der Waals surface area (Å²) >= 11 is 0. The van der Waals surface area contributed by atoms with Gasteiger partial charge in [-0.15, -0.1) is 0 Å². The summed E-state index contributed by atoms with van der Waals surface area (Å²) in [7, 11) is 0. The first-order valence-corrected chi connectivity index (χ1v) is 6.71. The van der Waals surface area contributed by atoms with Gasteiger partial charge in [-0.1, -0.05) is 44.4 Å². The monoisotopic (exact) mass is 234 g/mol. The molecule has 1 aliphatic rings. The second kappa shape index (κ2) is 5.54. The third-order valence-electron chi connectivity index (χ3n) is 3.53. The SMILES string of the molecule is CCCOc1ccccc1C1(O)CCCCC1. The fraction of sp³-hybridized carbons (Fsp3) is 0.600. The van der Waals surface area contributed by atoms with Gasteiger partial charge in [0.2, 0.25) is 0 Å². The number of para-hydroxylation sites is 1. The molecule has 0 aliphatic heterocycles. The topological polar surface area (TPSA) is 29.5 Å². The molecule has 0 spiro atoms. The van der Waals surface area contributed by atoms with Gasteiger partial charge in [0.25, 0.3) is 0 Å². The Morgan fingerprint density at radius 2 is 1.88 bits per heavy atom. The number of aliphatic hydroxyl groups is 1. The van der Waals surface area contributed by atoms with Crippen LogP contribution < -0.4 is 4.74 Å². The summed E-state index contributed by atoms with van der Waals surface area (Å²) in [6.07, 6.45) is 6.17. The van der Waals surface area contributed by atoms with E-state index >= 15 is 0 Å². The highest BCUT2D eigenvalue weighted by molar-refractivity contribution is 5.38. The Bertz CT molecular complexity index is 354. The Morgan fingerprint density at radius 1 is 1.18 bits per heavy atom. The first-order chi connectivity index (χ1) is 8.26. The molecule has 0 radical (unpaired) electrons. The van der Waals surface area contributed by atoms with Crippen LogP contribution in [0.3, 0.4) is 0 Å². The van der Waals surface area contributed by atoms with Gasteiger partial charge < -0.3 is 9.84 Å². The molecule has 0 amide bonds. The van der Waals surface area contributed by atoms with Crippen LogP contribution in [0.4, 0.5) is 0 Å². The van der Waals surface area contributed by atoms with E-state index in [-0.39, 0.29) is 0 Å². The molecule has 1 fully saturated rings. The van der Waals surface area contributed by atoms with Crippen LogP contribution in [0, 0.1) is 0 Å². The highest BCUT2D eigenvalue weighted by Crippen LogP contribution is 2.40. The maximum absolute atomic E-state index is 10.7. The van der Waals surface area contributed by atoms with Crippen LogP contribution in [0.5, 0.6) is 5.75 Å². The maximum Gasteiger partial charge on any atom is 0.125 e. The Balaban J connectivity index is 2.23. The molecule has 1 saturated carbocycles. The molecule has 1 aliphatic carbocycles. The molecule has 0 saturated heterocycles. The van der Waals surface area contributed by atoms with Crippen molar-refractivity contribution in [3.8, 4) is 5.75 Å². The van der Waals surface area contributed by atoms with Crippen LogP contribution in [-0.2, 0) is 5.60 Å². The van der Waals surface area contributed by atoms with Crippen LogP contribution in [0.1, 0.15) is 51.0 Å². The van der Waals surface area contributed by atoms with Crippen molar-refractivity contribution in [1.82, 2.24) is 0 Å². The van der Waals surface area contributed by atoms with Crippen LogP contribution in [-0.4, -0.2) is 11.7 Å². The molecule has 0 bridgehead atoms. The van der Waals surface area contributed by atoms with Crippen molar-refractivity contribution in [3.63, 3.8) is 0 Å². The van der Waals surface area contributed by atoms with E-state index < -0.39 is 5.60 Å².